The van der Waals surface area contributed by atoms with Crippen LogP contribution < -0.4 is 0 Å². The molecule has 0 bridgehead atoms. The number of para-hydroxylation sites is 2. The van der Waals surface area contributed by atoms with Gasteiger partial charge >= 0.3 is 5.97 Å². The van der Waals surface area contributed by atoms with E-state index in [4.69, 9.17) is 4.74 Å². The second kappa shape index (κ2) is 6.31. The summed E-state index contributed by atoms with van der Waals surface area (Å²) in [5, 5.41) is 1.13. The summed E-state index contributed by atoms with van der Waals surface area (Å²) in [5.74, 6) is -0.327. The second-order valence-corrected chi connectivity index (χ2v) is 4.88. The molecule has 22 heavy (non-hydrogen) atoms. The van der Waals surface area contributed by atoms with Gasteiger partial charge in [-0.05, 0) is 37.3 Å². The Balaban J connectivity index is 2.11. The first-order chi connectivity index (χ1) is 10.8. The first-order valence-electron chi connectivity index (χ1n) is 7.30. The smallest absolute Gasteiger partial charge is 0.330 e. The van der Waals surface area contributed by atoms with Crippen LogP contribution in [-0.2, 0) is 9.53 Å². The summed E-state index contributed by atoms with van der Waals surface area (Å²) in [4.78, 5) is 11.6. The first-order valence-corrected chi connectivity index (χ1v) is 7.30. The molecule has 0 unspecified atom stereocenters. The van der Waals surface area contributed by atoms with Crippen LogP contribution in [0.1, 0.15) is 12.6 Å². The quantitative estimate of drug-likeness (QED) is 0.532. The molecule has 0 aliphatic rings. The topological polar surface area (TPSA) is 31.2 Å². The highest BCUT2D eigenvalue weighted by molar-refractivity contribution is 5.90. The number of hydrogen-bond acceptors (Lipinski definition) is 2. The van der Waals surface area contributed by atoms with Crippen LogP contribution in [-0.4, -0.2) is 17.1 Å². The van der Waals surface area contributed by atoms with E-state index in [1.165, 1.54) is 6.08 Å². The van der Waals surface area contributed by atoms with Gasteiger partial charge in [-0.1, -0.05) is 36.4 Å². The van der Waals surface area contributed by atoms with Crippen molar-refractivity contribution in [3.63, 3.8) is 0 Å². The maximum Gasteiger partial charge on any atom is 0.330 e. The number of carbonyl (C=O) groups excluding carboxylic acids is 1. The molecule has 2 aromatic carbocycles. The molecule has 110 valence electrons. The van der Waals surface area contributed by atoms with E-state index in [1.807, 2.05) is 42.5 Å². The highest BCUT2D eigenvalue weighted by Gasteiger charge is 2.08. The van der Waals surface area contributed by atoms with E-state index in [0.29, 0.717) is 6.61 Å². The molecule has 1 heterocycles. The van der Waals surface area contributed by atoms with Gasteiger partial charge in [0.1, 0.15) is 0 Å². The Kier molecular flexibility index (Phi) is 4.05. The van der Waals surface area contributed by atoms with E-state index in [9.17, 15) is 4.79 Å². The lowest BCUT2D eigenvalue weighted by molar-refractivity contribution is -0.137. The molecule has 3 aromatic rings. The Hall–Kier alpha value is -2.81. The largest absolute Gasteiger partial charge is 0.463 e. The van der Waals surface area contributed by atoms with Crippen LogP contribution in [0.4, 0.5) is 0 Å². The van der Waals surface area contributed by atoms with Gasteiger partial charge in [-0.2, -0.15) is 0 Å². The van der Waals surface area contributed by atoms with Crippen LogP contribution in [0.25, 0.3) is 22.7 Å². The molecule has 3 rings (SSSR count). The summed E-state index contributed by atoms with van der Waals surface area (Å²) in [6.07, 6.45) is 3.27. The zero-order valence-electron chi connectivity index (χ0n) is 12.4. The third-order valence-corrected chi connectivity index (χ3v) is 3.43. The molecular weight excluding hydrogens is 274 g/mol. The van der Waals surface area contributed by atoms with E-state index in [1.54, 1.807) is 13.0 Å². The van der Waals surface area contributed by atoms with Gasteiger partial charge in [0.15, 0.2) is 0 Å². The van der Waals surface area contributed by atoms with Gasteiger partial charge in [-0.25, -0.2) is 4.79 Å². The third kappa shape index (κ3) is 2.79. The van der Waals surface area contributed by atoms with Crippen molar-refractivity contribution in [1.29, 1.82) is 0 Å². The van der Waals surface area contributed by atoms with E-state index in [2.05, 4.69) is 22.8 Å². The predicted octanol–water partition coefficient (Wildman–Crippen LogP) is 4.21. The summed E-state index contributed by atoms with van der Waals surface area (Å²) in [6, 6.07) is 20.3. The summed E-state index contributed by atoms with van der Waals surface area (Å²) in [5.41, 5.74) is 3.12. The molecular formula is C19H17NO2. The highest BCUT2D eigenvalue weighted by atomic mass is 16.5. The summed E-state index contributed by atoms with van der Waals surface area (Å²) < 4.78 is 7.08. The lowest BCUT2D eigenvalue weighted by atomic mass is 10.2. The molecule has 0 radical (unpaired) electrons. The molecule has 0 saturated heterocycles. The molecule has 0 amide bonds. The van der Waals surface area contributed by atoms with Crippen LogP contribution in [0.15, 0.2) is 66.7 Å². The number of rotatable bonds is 4. The van der Waals surface area contributed by atoms with Crippen molar-refractivity contribution in [2.75, 3.05) is 6.61 Å². The minimum atomic E-state index is -0.327. The average Bonchev–Trinajstić information content (AvgIpc) is 2.92. The Labute approximate surface area is 129 Å². The summed E-state index contributed by atoms with van der Waals surface area (Å²) >= 11 is 0. The van der Waals surface area contributed by atoms with Crippen LogP contribution >= 0.6 is 0 Å². The van der Waals surface area contributed by atoms with Crippen LogP contribution in [0.3, 0.4) is 0 Å². The van der Waals surface area contributed by atoms with Crippen LogP contribution in [0, 0.1) is 0 Å². The van der Waals surface area contributed by atoms with Crippen LogP contribution in [0.2, 0.25) is 0 Å². The number of nitrogens with zero attached hydrogens (tertiary/aromatic N) is 1. The molecule has 0 aliphatic carbocycles. The van der Waals surface area contributed by atoms with Crippen molar-refractivity contribution in [1.82, 2.24) is 4.57 Å². The van der Waals surface area contributed by atoms with Crippen molar-refractivity contribution >= 4 is 22.9 Å². The fourth-order valence-corrected chi connectivity index (χ4v) is 2.51. The number of ether oxygens (including phenoxy) is 1. The lowest BCUT2D eigenvalue weighted by Crippen LogP contribution is -2.00. The van der Waals surface area contributed by atoms with Gasteiger partial charge in [0.2, 0.25) is 0 Å². The van der Waals surface area contributed by atoms with E-state index in [0.717, 1.165) is 22.3 Å². The van der Waals surface area contributed by atoms with Crippen molar-refractivity contribution in [2.24, 2.45) is 0 Å². The first kappa shape index (κ1) is 14.1. The van der Waals surface area contributed by atoms with Crippen LogP contribution in [0.5, 0.6) is 0 Å². The summed E-state index contributed by atoms with van der Waals surface area (Å²) in [7, 11) is 0. The van der Waals surface area contributed by atoms with Crippen molar-refractivity contribution in [2.45, 2.75) is 6.92 Å². The number of fused-ring (bicyclic) bond motifs is 1. The molecule has 0 N–H and O–H groups in total. The zero-order valence-corrected chi connectivity index (χ0v) is 12.4. The average molecular weight is 291 g/mol. The number of aromatic nitrogens is 1. The molecule has 0 spiro atoms. The lowest BCUT2D eigenvalue weighted by Gasteiger charge is -2.08. The maximum absolute atomic E-state index is 11.6. The number of hydrogen-bond donors (Lipinski definition) is 0. The van der Waals surface area contributed by atoms with Crippen molar-refractivity contribution in [3.05, 3.63) is 72.4 Å². The Bertz CT molecular complexity index is 816. The molecule has 0 saturated carbocycles. The standard InChI is InChI=1S/C19H17NO2/c1-2-22-19(21)13-12-17-14-15-8-6-7-11-18(15)20(17)16-9-4-3-5-10-16/h3-14H,2H2,1H3/b13-12+. The van der Waals surface area contributed by atoms with E-state index < -0.39 is 0 Å². The van der Waals surface area contributed by atoms with Crippen molar-refractivity contribution < 1.29 is 9.53 Å². The minimum absolute atomic E-state index is 0.327. The maximum atomic E-state index is 11.6. The Morgan fingerprint density at radius 2 is 1.82 bits per heavy atom. The van der Waals surface area contributed by atoms with E-state index >= 15 is 0 Å². The number of carbonyl (C=O) groups is 1. The van der Waals surface area contributed by atoms with Gasteiger partial charge in [0.05, 0.1) is 12.1 Å². The number of benzene rings is 2. The monoisotopic (exact) mass is 291 g/mol. The Morgan fingerprint density at radius 1 is 1.09 bits per heavy atom. The normalized spacial score (nSPS) is 11.1. The van der Waals surface area contributed by atoms with Crippen molar-refractivity contribution in [3.8, 4) is 5.69 Å². The highest BCUT2D eigenvalue weighted by Crippen LogP contribution is 2.25. The summed E-state index contributed by atoms with van der Waals surface area (Å²) in [6.45, 7) is 2.18. The number of esters is 1. The van der Waals surface area contributed by atoms with Gasteiger partial charge < -0.3 is 9.30 Å². The van der Waals surface area contributed by atoms with Gasteiger partial charge in [-0.3, -0.25) is 0 Å². The SMILES string of the molecule is CCOC(=O)/C=C/c1cc2ccccc2n1-c1ccccc1. The second-order valence-electron chi connectivity index (χ2n) is 4.88. The van der Waals surface area contributed by atoms with Gasteiger partial charge in [0.25, 0.3) is 0 Å². The molecule has 1 aromatic heterocycles. The Morgan fingerprint density at radius 3 is 2.59 bits per heavy atom. The molecule has 3 nitrogen and oxygen atoms in total. The molecule has 0 atom stereocenters. The fourth-order valence-electron chi connectivity index (χ4n) is 2.51. The van der Waals surface area contributed by atoms with Gasteiger partial charge in [0, 0.05) is 22.8 Å². The minimum Gasteiger partial charge on any atom is -0.463 e. The third-order valence-electron chi connectivity index (χ3n) is 3.43. The molecule has 0 aliphatic heterocycles. The fraction of sp³-hybridized carbons (Fsp3) is 0.105. The molecule has 0 fully saturated rings. The molecule has 3 heteroatoms. The zero-order chi connectivity index (χ0) is 15.4. The predicted molar refractivity (Wildman–Crippen MR) is 88.9 cm³/mol. The van der Waals surface area contributed by atoms with E-state index in [-0.39, 0.29) is 5.97 Å². The van der Waals surface area contributed by atoms with Gasteiger partial charge in [-0.15, -0.1) is 0 Å².